The predicted octanol–water partition coefficient (Wildman–Crippen LogP) is 6.45. The van der Waals surface area contributed by atoms with Crippen LogP contribution in [0.4, 0.5) is 0 Å². The zero-order valence-electron chi connectivity index (χ0n) is 16.5. The van der Waals surface area contributed by atoms with Gasteiger partial charge in [0, 0.05) is 5.92 Å². The summed E-state index contributed by atoms with van der Waals surface area (Å²) in [5, 5.41) is 2.02. The third-order valence-corrected chi connectivity index (χ3v) is 5.04. The first-order valence-electron chi connectivity index (χ1n) is 10.1. The van der Waals surface area contributed by atoms with Crippen LogP contribution in [0.5, 0.6) is 11.5 Å². The van der Waals surface area contributed by atoms with Gasteiger partial charge in [0.05, 0.1) is 12.2 Å². The van der Waals surface area contributed by atoms with Gasteiger partial charge in [-0.25, -0.2) is 4.79 Å². The second-order valence-corrected chi connectivity index (χ2v) is 7.18. The lowest BCUT2D eigenvalue weighted by molar-refractivity contribution is 0.0735. The van der Waals surface area contributed by atoms with Crippen molar-refractivity contribution in [2.75, 3.05) is 6.61 Å². The number of ether oxygens (including phenoxy) is 2. The molecule has 0 spiro atoms. The van der Waals surface area contributed by atoms with Gasteiger partial charge >= 0.3 is 5.97 Å². The third kappa shape index (κ3) is 4.57. The minimum Gasteiger partial charge on any atom is -0.494 e. The Morgan fingerprint density at radius 3 is 2.31 bits per heavy atom. The van der Waals surface area contributed by atoms with Crippen molar-refractivity contribution >= 4 is 16.7 Å². The fourth-order valence-corrected chi connectivity index (χ4v) is 3.35. The van der Waals surface area contributed by atoms with Crippen LogP contribution in [0.1, 0.15) is 41.6 Å². The Labute approximate surface area is 171 Å². The largest absolute Gasteiger partial charge is 0.494 e. The minimum absolute atomic E-state index is 0.302. The second kappa shape index (κ2) is 8.78. The first-order chi connectivity index (χ1) is 14.2. The van der Waals surface area contributed by atoms with Crippen molar-refractivity contribution in [2.24, 2.45) is 0 Å². The summed E-state index contributed by atoms with van der Waals surface area (Å²) in [7, 11) is 0. The molecule has 0 aliphatic heterocycles. The molecule has 3 nitrogen and oxygen atoms in total. The van der Waals surface area contributed by atoms with Crippen LogP contribution in [0.25, 0.3) is 10.8 Å². The van der Waals surface area contributed by atoms with Gasteiger partial charge in [0.2, 0.25) is 0 Å². The van der Waals surface area contributed by atoms with Crippen molar-refractivity contribution in [2.45, 2.75) is 25.7 Å². The Morgan fingerprint density at radius 2 is 1.55 bits per heavy atom. The summed E-state index contributed by atoms with van der Waals surface area (Å²) < 4.78 is 11.3. The van der Waals surface area contributed by atoms with Gasteiger partial charge in [-0.2, -0.15) is 0 Å². The summed E-state index contributed by atoms with van der Waals surface area (Å²) in [6.45, 7) is 2.86. The second-order valence-electron chi connectivity index (χ2n) is 7.18. The minimum atomic E-state index is -0.358. The number of benzene rings is 3. The van der Waals surface area contributed by atoms with Gasteiger partial charge in [-0.15, -0.1) is 0 Å². The van der Waals surface area contributed by atoms with Gasteiger partial charge in [-0.1, -0.05) is 61.9 Å². The molecular weight excluding hydrogens is 360 g/mol. The maximum absolute atomic E-state index is 12.6. The molecule has 0 fully saturated rings. The topological polar surface area (TPSA) is 35.5 Å². The Kier molecular flexibility index (Phi) is 5.76. The van der Waals surface area contributed by atoms with E-state index in [0.717, 1.165) is 36.0 Å². The standard InChI is InChI=1S/C26H24O3/c1-2-3-16-28-25-15-12-21-17-23(9-8-22(21)18-25)26(27)29-24-13-10-20(11-14-24)19-6-4-5-7-19/h4-15,17-19H,2-3,16H2,1H3. The van der Waals surface area contributed by atoms with Gasteiger partial charge < -0.3 is 9.47 Å². The highest BCUT2D eigenvalue weighted by atomic mass is 16.5. The summed E-state index contributed by atoms with van der Waals surface area (Å²) >= 11 is 0. The van der Waals surface area contributed by atoms with Crippen LogP contribution in [0.15, 0.2) is 85.0 Å². The van der Waals surface area contributed by atoms with Crippen molar-refractivity contribution in [3.63, 3.8) is 0 Å². The van der Waals surface area contributed by atoms with Crippen molar-refractivity contribution in [1.82, 2.24) is 0 Å². The maximum atomic E-state index is 12.6. The van der Waals surface area contributed by atoms with E-state index in [1.54, 1.807) is 6.07 Å². The van der Waals surface area contributed by atoms with Gasteiger partial charge in [-0.3, -0.25) is 0 Å². The lowest BCUT2D eigenvalue weighted by Crippen LogP contribution is -2.08. The van der Waals surface area contributed by atoms with E-state index in [4.69, 9.17) is 9.47 Å². The molecule has 29 heavy (non-hydrogen) atoms. The number of carbonyl (C=O) groups excluding carboxylic acids is 1. The molecule has 0 saturated heterocycles. The van der Waals surface area contributed by atoms with Crippen LogP contribution in [-0.4, -0.2) is 12.6 Å². The molecule has 3 aromatic rings. The molecule has 3 heteroatoms. The lowest BCUT2D eigenvalue weighted by Gasteiger charge is -2.09. The van der Waals surface area contributed by atoms with E-state index >= 15 is 0 Å². The molecule has 0 atom stereocenters. The van der Waals surface area contributed by atoms with Gasteiger partial charge in [0.15, 0.2) is 0 Å². The van der Waals surface area contributed by atoms with Crippen molar-refractivity contribution in [1.29, 1.82) is 0 Å². The highest BCUT2D eigenvalue weighted by Gasteiger charge is 2.11. The summed E-state index contributed by atoms with van der Waals surface area (Å²) in [6, 6.07) is 19.2. The Bertz CT molecular complexity index is 1050. The van der Waals surface area contributed by atoms with Crippen LogP contribution in [0.2, 0.25) is 0 Å². The summed E-state index contributed by atoms with van der Waals surface area (Å²) in [6.07, 6.45) is 10.5. The van der Waals surface area contributed by atoms with E-state index in [2.05, 4.69) is 19.1 Å². The van der Waals surface area contributed by atoms with Crippen LogP contribution >= 0.6 is 0 Å². The normalized spacial score (nSPS) is 13.1. The molecule has 0 bridgehead atoms. The number of fused-ring (bicyclic) bond motifs is 1. The molecular formula is C26H24O3. The highest BCUT2D eigenvalue weighted by Crippen LogP contribution is 2.26. The first-order valence-corrected chi connectivity index (χ1v) is 10.1. The average molecular weight is 384 g/mol. The summed E-state index contributed by atoms with van der Waals surface area (Å²) in [5.74, 6) is 1.34. The molecule has 3 aromatic carbocycles. The molecule has 1 aliphatic carbocycles. The summed E-state index contributed by atoms with van der Waals surface area (Å²) in [4.78, 5) is 12.6. The van der Waals surface area contributed by atoms with E-state index in [9.17, 15) is 4.79 Å². The molecule has 146 valence electrons. The number of esters is 1. The maximum Gasteiger partial charge on any atom is 0.343 e. The fraction of sp³-hybridized carbons (Fsp3) is 0.192. The zero-order chi connectivity index (χ0) is 20.1. The number of hydrogen-bond acceptors (Lipinski definition) is 3. The molecule has 0 amide bonds. The highest BCUT2D eigenvalue weighted by molar-refractivity contribution is 5.96. The van der Waals surface area contributed by atoms with Gasteiger partial charge in [-0.05, 0) is 59.2 Å². The Hall–Kier alpha value is -3.33. The van der Waals surface area contributed by atoms with E-state index in [0.29, 0.717) is 17.2 Å². The first kappa shape index (κ1) is 19.0. The molecule has 0 radical (unpaired) electrons. The van der Waals surface area contributed by atoms with Crippen LogP contribution in [0.3, 0.4) is 0 Å². The van der Waals surface area contributed by atoms with E-state index in [1.165, 1.54) is 5.56 Å². The number of hydrogen-bond donors (Lipinski definition) is 0. The third-order valence-electron chi connectivity index (χ3n) is 5.04. The number of rotatable bonds is 7. The molecule has 4 rings (SSSR count). The van der Waals surface area contributed by atoms with Crippen molar-refractivity contribution in [3.8, 4) is 11.5 Å². The number of carbonyl (C=O) groups is 1. The number of allylic oxidation sites excluding steroid dienone is 4. The van der Waals surface area contributed by atoms with E-state index < -0.39 is 0 Å². The molecule has 0 heterocycles. The Morgan fingerprint density at radius 1 is 0.862 bits per heavy atom. The summed E-state index contributed by atoms with van der Waals surface area (Å²) in [5.41, 5.74) is 1.71. The molecule has 1 aliphatic rings. The van der Waals surface area contributed by atoms with E-state index in [-0.39, 0.29) is 5.97 Å². The molecule has 0 saturated carbocycles. The van der Waals surface area contributed by atoms with Crippen LogP contribution < -0.4 is 9.47 Å². The zero-order valence-corrected chi connectivity index (χ0v) is 16.5. The predicted molar refractivity (Wildman–Crippen MR) is 117 cm³/mol. The molecule has 0 unspecified atom stereocenters. The van der Waals surface area contributed by atoms with E-state index in [1.807, 2.05) is 66.7 Å². The van der Waals surface area contributed by atoms with Gasteiger partial charge in [0.25, 0.3) is 0 Å². The monoisotopic (exact) mass is 384 g/mol. The SMILES string of the molecule is CCCCOc1ccc2cc(C(=O)Oc3ccc(C4C=CC=C4)cc3)ccc2c1. The quantitative estimate of drug-likeness (QED) is 0.267. The lowest BCUT2D eigenvalue weighted by atomic mass is 10.0. The fourth-order valence-electron chi connectivity index (χ4n) is 3.35. The van der Waals surface area contributed by atoms with Crippen LogP contribution in [-0.2, 0) is 0 Å². The smallest absolute Gasteiger partial charge is 0.343 e. The van der Waals surface area contributed by atoms with Crippen molar-refractivity contribution in [3.05, 3.63) is 96.1 Å². The van der Waals surface area contributed by atoms with Gasteiger partial charge in [0.1, 0.15) is 11.5 Å². The molecule has 0 aromatic heterocycles. The average Bonchev–Trinajstić information content (AvgIpc) is 3.29. The Balaban J connectivity index is 1.44. The molecule has 0 N–H and O–H groups in total. The van der Waals surface area contributed by atoms with Crippen molar-refractivity contribution < 1.29 is 14.3 Å². The van der Waals surface area contributed by atoms with Crippen LogP contribution in [0, 0.1) is 0 Å². The number of unbranched alkanes of at least 4 members (excludes halogenated alkanes) is 1.